The monoisotopic (exact) mass is 520 g/mol. The van der Waals surface area contributed by atoms with Crippen molar-refractivity contribution in [1.29, 1.82) is 0 Å². The number of nitrogens with one attached hydrogen (secondary N) is 3. The van der Waals surface area contributed by atoms with Crippen LogP contribution in [0.4, 0.5) is 0 Å². The molecule has 10 nitrogen and oxygen atoms in total. The van der Waals surface area contributed by atoms with Crippen molar-refractivity contribution in [2.24, 2.45) is 0 Å². The van der Waals surface area contributed by atoms with Crippen molar-refractivity contribution in [3.05, 3.63) is 71.4 Å². The van der Waals surface area contributed by atoms with Crippen LogP contribution in [-0.4, -0.2) is 49.9 Å². The number of hydroxylamine groups is 1. The highest BCUT2D eigenvalue weighted by atomic mass is 16.5. The number of aromatic nitrogens is 1. The quantitative estimate of drug-likeness (QED) is 0.149. The standard InChI is InChI=1S/C28H32N4O6/c33-24(31-38)14-6-1-2-7-15-25(34)32-17-22-20(19-12-8-9-13-21(19)29-22)16-23(32)27(35)30-26(28(36)37)18-10-4-3-5-11-18/h3-5,8-13,23,26,29,38H,1-2,6-7,14-17H2,(H,30,35)(H,31,33)(H,36,37)/t23-,26?/m0/s1. The summed E-state index contributed by atoms with van der Waals surface area (Å²) in [5.74, 6) is -2.32. The Kier molecular flexibility index (Phi) is 8.75. The number of rotatable bonds is 11. The zero-order chi connectivity index (χ0) is 27.1. The highest BCUT2D eigenvalue weighted by Gasteiger charge is 2.37. The van der Waals surface area contributed by atoms with Crippen LogP contribution in [-0.2, 0) is 32.1 Å². The summed E-state index contributed by atoms with van der Waals surface area (Å²) in [5, 5.41) is 22.0. The average Bonchev–Trinajstić information content (AvgIpc) is 3.30. The number of hydrogen-bond acceptors (Lipinski definition) is 5. The van der Waals surface area contributed by atoms with Gasteiger partial charge in [0.15, 0.2) is 6.04 Å². The molecule has 10 heteroatoms. The molecular formula is C28H32N4O6. The van der Waals surface area contributed by atoms with Crippen LogP contribution in [0.1, 0.15) is 61.4 Å². The van der Waals surface area contributed by atoms with Crippen molar-refractivity contribution in [2.45, 2.75) is 63.6 Å². The van der Waals surface area contributed by atoms with Gasteiger partial charge in [0.25, 0.3) is 0 Å². The number of amides is 3. The summed E-state index contributed by atoms with van der Waals surface area (Å²) in [7, 11) is 0. The first-order chi connectivity index (χ1) is 18.4. The molecule has 0 saturated heterocycles. The van der Waals surface area contributed by atoms with E-state index in [1.807, 2.05) is 24.3 Å². The van der Waals surface area contributed by atoms with Gasteiger partial charge in [0.05, 0.1) is 6.54 Å². The minimum Gasteiger partial charge on any atom is -0.479 e. The van der Waals surface area contributed by atoms with E-state index in [-0.39, 0.29) is 31.7 Å². The van der Waals surface area contributed by atoms with Crippen LogP contribution in [0.15, 0.2) is 54.6 Å². The molecule has 2 heterocycles. The number of carbonyl (C=O) groups excluding carboxylic acids is 3. The van der Waals surface area contributed by atoms with Crippen molar-refractivity contribution in [3.8, 4) is 0 Å². The van der Waals surface area contributed by atoms with Crippen LogP contribution in [0.3, 0.4) is 0 Å². The molecule has 0 bridgehead atoms. The third kappa shape index (κ3) is 6.20. The molecule has 0 saturated carbocycles. The maximum atomic E-state index is 13.5. The summed E-state index contributed by atoms with van der Waals surface area (Å²) in [5.41, 5.74) is 4.80. The molecule has 1 aliphatic rings. The summed E-state index contributed by atoms with van der Waals surface area (Å²) in [4.78, 5) is 54.9. The second-order valence-corrected chi connectivity index (χ2v) is 9.51. The minimum absolute atomic E-state index is 0.186. The number of nitrogens with zero attached hydrogens (tertiary/aromatic N) is 1. The molecule has 0 spiro atoms. The fourth-order valence-corrected chi connectivity index (χ4v) is 4.99. The molecule has 0 radical (unpaired) electrons. The van der Waals surface area contributed by atoms with Crippen LogP contribution < -0.4 is 10.8 Å². The van der Waals surface area contributed by atoms with E-state index in [0.717, 1.165) is 35.0 Å². The van der Waals surface area contributed by atoms with E-state index in [9.17, 15) is 24.3 Å². The van der Waals surface area contributed by atoms with Gasteiger partial charge < -0.3 is 20.3 Å². The maximum absolute atomic E-state index is 13.5. The third-order valence-corrected chi connectivity index (χ3v) is 6.96. The Balaban J connectivity index is 1.50. The predicted octanol–water partition coefficient (Wildman–Crippen LogP) is 3.21. The second-order valence-electron chi connectivity index (χ2n) is 9.51. The number of carbonyl (C=O) groups is 4. The number of fused-ring (bicyclic) bond motifs is 3. The molecule has 3 amide bonds. The molecule has 5 N–H and O–H groups in total. The molecule has 2 atom stereocenters. The van der Waals surface area contributed by atoms with Crippen molar-refractivity contribution in [3.63, 3.8) is 0 Å². The molecule has 1 aromatic heterocycles. The van der Waals surface area contributed by atoms with E-state index >= 15 is 0 Å². The van der Waals surface area contributed by atoms with E-state index < -0.39 is 29.9 Å². The first kappa shape index (κ1) is 26.9. The van der Waals surface area contributed by atoms with Gasteiger partial charge in [-0.1, -0.05) is 61.4 Å². The van der Waals surface area contributed by atoms with Gasteiger partial charge in [-0.05, 0) is 30.0 Å². The zero-order valence-electron chi connectivity index (χ0n) is 21.0. The fourth-order valence-electron chi connectivity index (χ4n) is 4.99. The lowest BCUT2D eigenvalue weighted by molar-refractivity contribution is -0.145. The molecule has 4 rings (SSSR count). The Hall–Kier alpha value is -4.18. The maximum Gasteiger partial charge on any atom is 0.330 e. The number of carboxylic acids is 1. The molecule has 200 valence electrons. The van der Waals surface area contributed by atoms with Gasteiger partial charge in [-0.15, -0.1) is 0 Å². The smallest absolute Gasteiger partial charge is 0.330 e. The highest BCUT2D eigenvalue weighted by molar-refractivity contribution is 5.93. The Morgan fingerprint density at radius 1 is 0.947 bits per heavy atom. The highest BCUT2D eigenvalue weighted by Crippen LogP contribution is 2.31. The molecule has 1 aliphatic heterocycles. The summed E-state index contributed by atoms with van der Waals surface area (Å²) < 4.78 is 0. The summed E-state index contributed by atoms with van der Waals surface area (Å²) in [6.07, 6.45) is 3.36. The number of unbranched alkanes of at least 4 members (excludes halogenated alkanes) is 3. The van der Waals surface area contributed by atoms with E-state index in [2.05, 4.69) is 10.3 Å². The second kappa shape index (κ2) is 12.4. The zero-order valence-corrected chi connectivity index (χ0v) is 21.0. The molecule has 38 heavy (non-hydrogen) atoms. The predicted molar refractivity (Wildman–Crippen MR) is 139 cm³/mol. The Labute approximate surface area is 220 Å². The SMILES string of the molecule is O=C(CCCCCCC(=O)N1Cc2[nH]c3ccccc3c2C[C@H]1C(=O)NC(C(=O)O)c1ccccc1)NO. The van der Waals surface area contributed by atoms with E-state index in [0.29, 0.717) is 18.4 Å². The van der Waals surface area contributed by atoms with Crippen molar-refractivity contribution >= 4 is 34.6 Å². The number of hydrogen-bond donors (Lipinski definition) is 5. The van der Waals surface area contributed by atoms with Gasteiger partial charge in [0, 0.05) is 35.9 Å². The van der Waals surface area contributed by atoms with Crippen LogP contribution >= 0.6 is 0 Å². The molecule has 2 aromatic carbocycles. The Morgan fingerprint density at radius 3 is 2.34 bits per heavy atom. The van der Waals surface area contributed by atoms with Gasteiger partial charge >= 0.3 is 5.97 Å². The van der Waals surface area contributed by atoms with Crippen molar-refractivity contribution in [1.82, 2.24) is 20.7 Å². The molecule has 1 unspecified atom stereocenters. The van der Waals surface area contributed by atoms with Crippen molar-refractivity contribution in [2.75, 3.05) is 0 Å². The minimum atomic E-state index is -1.24. The van der Waals surface area contributed by atoms with E-state index in [1.54, 1.807) is 35.8 Å². The lowest BCUT2D eigenvalue weighted by atomic mass is 9.94. The number of benzene rings is 2. The van der Waals surface area contributed by atoms with Crippen LogP contribution in [0.5, 0.6) is 0 Å². The van der Waals surface area contributed by atoms with Crippen LogP contribution in [0, 0.1) is 0 Å². The van der Waals surface area contributed by atoms with Gasteiger partial charge in [-0.2, -0.15) is 0 Å². The number of para-hydroxylation sites is 1. The molecule has 0 aliphatic carbocycles. The van der Waals surface area contributed by atoms with Gasteiger partial charge in [0.1, 0.15) is 6.04 Å². The van der Waals surface area contributed by atoms with E-state index in [1.165, 1.54) is 4.90 Å². The Bertz CT molecular complexity index is 1310. The van der Waals surface area contributed by atoms with Crippen molar-refractivity contribution < 1.29 is 29.5 Å². The average molecular weight is 521 g/mol. The summed E-state index contributed by atoms with van der Waals surface area (Å²) in [6.45, 7) is 0.223. The van der Waals surface area contributed by atoms with Gasteiger partial charge in [0.2, 0.25) is 17.7 Å². The van der Waals surface area contributed by atoms with Gasteiger partial charge in [-0.25, -0.2) is 10.3 Å². The number of carboxylic acid groups (broad SMARTS) is 1. The van der Waals surface area contributed by atoms with Gasteiger partial charge in [-0.3, -0.25) is 19.6 Å². The molecular weight excluding hydrogens is 488 g/mol. The van der Waals surface area contributed by atoms with E-state index in [4.69, 9.17) is 5.21 Å². The molecule has 0 fully saturated rings. The normalized spacial score (nSPS) is 15.5. The lowest BCUT2D eigenvalue weighted by Gasteiger charge is -2.35. The first-order valence-corrected chi connectivity index (χ1v) is 12.8. The third-order valence-electron chi connectivity index (χ3n) is 6.96. The summed E-state index contributed by atoms with van der Waals surface area (Å²) >= 11 is 0. The topological polar surface area (TPSA) is 152 Å². The van der Waals surface area contributed by atoms with Crippen LogP contribution in [0.25, 0.3) is 10.9 Å². The first-order valence-electron chi connectivity index (χ1n) is 12.8. The number of aliphatic carboxylic acids is 1. The number of H-pyrrole nitrogens is 1. The number of aromatic amines is 1. The fraction of sp³-hybridized carbons (Fsp3) is 0.357. The lowest BCUT2D eigenvalue weighted by Crippen LogP contribution is -2.53. The van der Waals surface area contributed by atoms with Crippen LogP contribution in [0.2, 0.25) is 0 Å². The Morgan fingerprint density at radius 2 is 1.63 bits per heavy atom. The largest absolute Gasteiger partial charge is 0.479 e. The molecule has 3 aromatic rings. The summed E-state index contributed by atoms with van der Waals surface area (Å²) in [6, 6.07) is 14.1.